The molecule has 0 aromatic heterocycles. The Morgan fingerprint density at radius 2 is 2.33 bits per heavy atom. The Kier molecular flexibility index (Phi) is 3.33. The first-order valence-corrected chi connectivity index (χ1v) is 6.57. The normalized spacial score (nSPS) is 26.4. The molecular formula is C13H16ClNO3. The Labute approximate surface area is 111 Å². The molecule has 2 aliphatic rings. The number of hydrogen-bond donors (Lipinski definition) is 1. The van der Waals surface area contributed by atoms with Gasteiger partial charge in [0.25, 0.3) is 0 Å². The van der Waals surface area contributed by atoms with E-state index in [9.17, 15) is 5.11 Å². The fourth-order valence-corrected chi connectivity index (χ4v) is 2.33. The van der Waals surface area contributed by atoms with Crippen LogP contribution in [-0.4, -0.2) is 43.6 Å². The largest absolute Gasteiger partial charge is 0.489 e. The number of hydrogen-bond acceptors (Lipinski definition) is 4. The standard InChI is InChI=1S/C13H16ClNO3/c14-9-1-2-13(18-8-11-7-17-11)12(5-9)15-4-3-10(16)6-15/h1-2,5,10-11,16H,3-4,6-8H2/t10-,11-/m0/s1. The van der Waals surface area contributed by atoms with Gasteiger partial charge in [-0.2, -0.15) is 0 Å². The Bertz CT molecular complexity index is 436. The van der Waals surface area contributed by atoms with Crippen LogP contribution in [0.5, 0.6) is 5.75 Å². The van der Waals surface area contributed by atoms with Gasteiger partial charge in [0.1, 0.15) is 18.5 Å². The SMILES string of the molecule is O[C@H]1CCN(c2cc(Cl)ccc2OC[C@@H]2CO2)C1. The number of ether oxygens (including phenoxy) is 2. The number of anilines is 1. The molecule has 1 aromatic carbocycles. The summed E-state index contributed by atoms with van der Waals surface area (Å²) in [5.74, 6) is 0.809. The number of aliphatic hydroxyl groups excluding tert-OH is 1. The van der Waals surface area contributed by atoms with Crippen LogP contribution in [0.4, 0.5) is 5.69 Å². The van der Waals surface area contributed by atoms with Gasteiger partial charge in [-0.1, -0.05) is 11.6 Å². The van der Waals surface area contributed by atoms with Crippen molar-refractivity contribution in [3.8, 4) is 5.75 Å². The van der Waals surface area contributed by atoms with E-state index in [0.29, 0.717) is 18.2 Å². The second-order valence-electron chi connectivity index (χ2n) is 4.77. The van der Waals surface area contributed by atoms with Gasteiger partial charge in [-0.3, -0.25) is 0 Å². The van der Waals surface area contributed by atoms with Crippen LogP contribution < -0.4 is 9.64 Å². The van der Waals surface area contributed by atoms with Crippen LogP contribution >= 0.6 is 11.6 Å². The maximum absolute atomic E-state index is 9.61. The molecule has 1 aromatic rings. The molecule has 18 heavy (non-hydrogen) atoms. The van der Waals surface area contributed by atoms with Crippen molar-refractivity contribution in [1.29, 1.82) is 0 Å². The Morgan fingerprint density at radius 3 is 3.00 bits per heavy atom. The van der Waals surface area contributed by atoms with E-state index < -0.39 is 0 Å². The first-order valence-electron chi connectivity index (χ1n) is 6.19. The van der Waals surface area contributed by atoms with Crippen LogP contribution in [0.15, 0.2) is 18.2 Å². The van der Waals surface area contributed by atoms with Crippen LogP contribution in [0.3, 0.4) is 0 Å². The number of epoxide rings is 1. The first-order chi connectivity index (χ1) is 8.72. The maximum Gasteiger partial charge on any atom is 0.142 e. The summed E-state index contributed by atoms with van der Waals surface area (Å²) in [7, 11) is 0. The second kappa shape index (κ2) is 4.96. The monoisotopic (exact) mass is 269 g/mol. The molecule has 3 rings (SSSR count). The van der Waals surface area contributed by atoms with Gasteiger partial charge in [-0.15, -0.1) is 0 Å². The number of aliphatic hydroxyl groups is 1. The molecule has 2 saturated heterocycles. The highest BCUT2D eigenvalue weighted by molar-refractivity contribution is 6.30. The van der Waals surface area contributed by atoms with Crippen LogP contribution in [0.25, 0.3) is 0 Å². The second-order valence-corrected chi connectivity index (χ2v) is 5.20. The molecule has 4 nitrogen and oxygen atoms in total. The fraction of sp³-hybridized carbons (Fsp3) is 0.538. The summed E-state index contributed by atoms with van der Waals surface area (Å²) in [6.07, 6.45) is 0.763. The number of benzene rings is 1. The number of halogens is 1. The lowest BCUT2D eigenvalue weighted by Gasteiger charge is -2.21. The van der Waals surface area contributed by atoms with Gasteiger partial charge in [-0.25, -0.2) is 0 Å². The van der Waals surface area contributed by atoms with Crippen LogP contribution in [-0.2, 0) is 4.74 Å². The molecule has 0 amide bonds. The molecule has 2 aliphatic heterocycles. The van der Waals surface area contributed by atoms with Gasteiger partial charge in [0.15, 0.2) is 0 Å². The van der Waals surface area contributed by atoms with Crippen molar-refractivity contribution >= 4 is 17.3 Å². The molecule has 5 heteroatoms. The average molecular weight is 270 g/mol. The third kappa shape index (κ3) is 2.71. The molecule has 0 spiro atoms. The Morgan fingerprint density at radius 1 is 1.50 bits per heavy atom. The van der Waals surface area contributed by atoms with Crippen molar-refractivity contribution in [3.63, 3.8) is 0 Å². The zero-order chi connectivity index (χ0) is 12.5. The van der Waals surface area contributed by atoms with Crippen molar-refractivity contribution in [2.24, 2.45) is 0 Å². The van der Waals surface area contributed by atoms with Gasteiger partial charge in [-0.05, 0) is 24.6 Å². The van der Waals surface area contributed by atoms with E-state index in [0.717, 1.165) is 31.0 Å². The van der Waals surface area contributed by atoms with Crippen molar-refractivity contribution in [2.75, 3.05) is 31.2 Å². The van der Waals surface area contributed by atoms with E-state index in [4.69, 9.17) is 21.1 Å². The topological polar surface area (TPSA) is 45.2 Å². The molecule has 0 bridgehead atoms. The zero-order valence-corrected chi connectivity index (χ0v) is 10.8. The molecule has 1 N–H and O–H groups in total. The highest BCUT2D eigenvalue weighted by Crippen LogP contribution is 2.34. The predicted octanol–water partition coefficient (Wildman–Crippen LogP) is 1.69. The summed E-state index contributed by atoms with van der Waals surface area (Å²) < 4.78 is 10.9. The van der Waals surface area contributed by atoms with Gasteiger partial charge < -0.3 is 19.5 Å². The lowest BCUT2D eigenvalue weighted by Crippen LogP contribution is -2.22. The minimum Gasteiger partial charge on any atom is -0.489 e. The molecule has 0 aliphatic carbocycles. The Hall–Kier alpha value is -0.970. The Balaban J connectivity index is 1.78. The summed E-state index contributed by atoms with van der Waals surface area (Å²) in [5.41, 5.74) is 0.958. The maximum atomic E-state index is 9.61. The van der Waals surface area contributed by atoms with Crippen molar-refractivity contribution < 1.29 is 14.6 Å². The highest BCUT2D eigenvalue weighted by atomic mass is 35.5. The smallest absolute Gasteiger partial charge is 0.142 e. The van der Waals surface area contributed by atoms with Crippen molar-refractivity contribution in [2.45, 2.75) is 18.6 Å². The summed E-state index contributed by atoms with van der Waals surface area (Å²) in [4.78, 5) is 2.11. The fourth-order valence-electron chi connectivity index (χ4n) is 2.17. The summed E-state index contributed by atoms with van der Waals surface area (Å²) in [6.45, 7) is 2.82. The minimum absolute atomic E-state index is 0.234. The van der Waals surface area contributed by atoms with Crippen LogP contribution in [0, 0.1) is 0 Å². The van der Waals surface area contributed by atoms with Gasteiger partial charge in [0.05, 0.1) is 18.4 Å². The van der Waals surface area contributed by atoms with E-state index in [1.807, 2.05) is 18.2 Å². The van der Waals surface area contributed by atoms with Gasteiger partial charge >= 0.3 is 0 Å². The number of rotatable bonds is 4. The molecule has 2 fully saturated rings. The molecule has 0 unspecified atom stereocenters. The van der Waals surface area contributed by atoms with Crippen LogP contribution in [0.1, 0.15) is 6.42 Å². The molecule has 98 valence electrons. The summed E-state index contributed by atoms with van der Waals surface area (Å²) in [6, 6.07) is 5.59. The number of nitrogens with zero attached hydrogens (tertiary/aromatic N) is 1. The summed E-state index contributed by atoms with van der Waals surface area (Å²) >= 11 is 6.04. The molecule has 2 heterocycles. The lowest BCUT2D eigenvalue weighted by molar-refractivity contribution is 0.198. The van der Waals surface area contributed by atoms with Gasteiger partial charge in [0.2, 0.25) is 0 Å². The van der Waals surface area contributed by atoms with E-state index in [-0.39, 0.29) is 12.2 Å². The van der Waals surface area contributed by atoms with Crippen molar-refractivity contribution in [3.05, 3.63) is 23.2 Å². The quantitative estimate of drug-likeness (QED) is 0.845. The average Bonchev–Trinajstić information content (AvgIpc) is 3.09. The van der Waals surface area contributed by atoms with E-state index >= 15 is 0 Å². The minimum atomic E-state index is -0.261. The van der Waals surface area contributed by atoms with Crippen molar-refractivity contribution in [1.82, 2.24) is 0 Å². The van der Waals surface area contributed by atoms with E-state index in [1.54, 1.807) is 0 Å². The third-order valence-corrected chi connectivity index (χ3v) is 3.49. The number of β-amino-alcohol motifs (C(OH)–C–C–N with tert-alkyl or cyclic N) is 1. The molecule has 0 saturated carbocycles. The molecule has 2 atom stereocenters. The highest BCUT2D eigenvalue weighted by Gasteiger charge is 2.26. The molecule has 0 radical (unpaired) electrons. The van der Waals surface area contributed by atoms with Crippen LogP contribution in [0.2, 0.25) is 5.02 Å². The van der Waals surface area contributed by atoms with Gasteiger partial charge in [0, 0.05) is 18.1 Å². The summed E-state index contributed by atoms with van der Waals surface area (Å²) in [5, 5.41) is 10.3. The van der Waals surface area contributed by atoms with E-state index in [1.165, 1.54) is 0 Å². The third-order valence-electron chi connectivity index (χ3n) is 3.25. The van der Waals surface area contributed by atoms with E-state index in [2.05, 4.69) is 4.90 Å². The lowest BCUT2D eigenvalue weighted by atomic mass is 10.2. The zero-order valence-electron chi connectivity index (χ0n) is 10.0. The molecular weight excluding hydrogens is 254 g/mol. The predicted molar refractivity (Wildman–Crippen MR) is 69.5 cm³/mol. The first kappa shape index (κ1) is 12.1.